The molecular weight excluding hydrogens is 293 g/mol. The van der Waals surface area contributed by atoms with Gasteiger partial charge in [-0.15, -0.1) is 0 Å². The van der Waals surface area contributed by atoms with Crippen molar-refractivity contribution in [2.24, 2.45) is 0 Å². The van der Waals surface area contributed by atoms with E-state index in [2.05, 4.69) is 0 Å². The summed E-state index contributed by atoms with van der Waals surface area (Å²) in [7, 11) is -6.99. The van der Waals surface area contributed by atoms with E-state index in [1.807, 2.05) is 0 Å². The maximum Gasteiger partial charge on any atom is 0.180 e. The highest BCUT2D eigenvalue weighted by molar-refractivity contribution is 7.92. The average Bonchev–Trinajstić information content (AvgIpc) is 2.31. The molecule has 0 unspecified atom stereocenters. The Morgan fingerprint density at radius 1 is 1.16 bits per heavy atom. The summed E-state index contributed by atoms with van der Waals surface area (Å²) in [5.74, 6) is -1.32. The molecule has 0 saturated heterocycles. The second kappa shape index (κ2) is 5.87. The molecule has 5 nitrogen and oxygen atoms in total. The zero-order chi connectivity index (χ0) is 14.7. The van der Waals surface area contributed by atoms with Crippen LogP contribution in [0.2, 0.25) is 0 Å². The summed E-state index contributed by atoms with van der Waals surface area (Å²) in [6, 6.07) is 3.08. The van der Waals surface area contributed by atoms with Crippen LogP contribution in [0, 0.1) is 5.82 Å². The Bertz CT molecular complexity index is 653. The molecule has 1 aromatic carbocycles. The van der Waals surface area contributed by atoms with Gasteiger partial charge in [0.15, 0.2) is 9.84 Å². The normalized spacial score (nSPS) is 12.5. The molecular formula is C11H16FNO4S2. The van der Waals surface area contributed by atoms with E-state index in [1.165, 1.54) is 13.0 Å². The first-order valence-corrected chi connectivity index (χ1v) is 9.13. The Morgan fingerprint density at radius 2 is 1.79 bits per heavy atom. The minimum absolute atomic E-state index is 0.0326. The maximum atomic E-state index is 13.0. The summed E-state index contributed by atoms with van der Waals surface area (Å²) >= 11 is 0. The first-order chi connectivity index (χ1) is 8.68. The zero-order valence-corrected chi connectivity index (χ0v) is 12.1. The van der Waals surface area contributed by atoms with Gasteiger partial charge in [-0.2, -0.15) is 0 Å². The Balaban J connectivity index is 2.85. The Hall–Kier alpha value is -1.15. The van der Waals surface area contributed by atoms with Crippen molar-refractivity contribution >= 4 is 25.4 Å². The van der Waals surface area contributed by atoms with Crippen molar-refractivity contribution in [1.82, 2.24) is 0 Å². The third-order valence-corrected chi connectivity index (χ3v) is 6.26. The number of nitrogens with two attached hydrogens (primary N) is 1. The lowest BCUT2D eigenvalue weighted by atomic mass is 10.3. The molecule has 8 heteroatoms. The highest BCUT2D eigenvalue weighted by Gasteiger charge is 2.19. The summed E-state index contributed by atoms with van der Waals surface area (Å²) in [6.07, 6.45) is -0.0333. The van der Waals surface area contributed by atoms with Crippen LogP contribution in [0.4, 0.5) is 10.1 Å². The number of anilines is 1. The number of benzene rings is 1. The lowest BCUT2D eigenvalue weighted by Gasteiger charge is -2.07. The van der Waals surface area contributed by atoms with Crippen LogP contribution in [0.5, 0.6) is 0 Å². The fourth-order valence-electron chi connectivity index (χ4n) is 1.50. The van der Waals surface area contributed by atoms with Crippen molar-refractivity contribution in [3.8, 4) is 0 Å². The molecule has 0 spiro atoms. The lowest BCUT2D eigenvalue weighted by Crippen LogP contribution is -2.15. The van der Waals surface area contributed by atoms with E-state index >= 15 is 0 Å². The molecule has 1 rings (SSSR count). The first kappa shape index (κ1) is 15.9. The third-order valence-electron chi connectivity index (χ3n) is 2.62. The predicted molar refractivity (Wildman–Crippen MR) is 71.8 cm³/mol. The molecule has 108 valence electrons. The van der Waals surface area contributed by atoms with E-state index in [9.17, 15) is 21.2 Å². The maximum absolute atomic E-state index is 13.0. The van der Waals surface area contributed by atoms with Gasteiger partial charge in [-0.1, -0.05) is 6.92 Å². The Kier molecular flexibility index (Phi) is 4.92. The highest BCUT2D eigenvalue weighted by Crippen LogP contribution is 2.21. The van der Waals surface area contributed by atoms with Crippen LogP contribution in [-0.4, -0.2) is 34.1 Å². The van der Waals surface area contributed by atoms with Crippen LogP contribution in [-0.2, 0) is 19.7 Å². The number of nitrogen functional groups attached to an aromatic ring is 1. The topological polar surface area (TPSA) is 94.3 Å². The molecule has 1 aromatic rings. The molecule has 0 atom stereocenters. The second-order valence-electron chi connectivity index (χ2n) is 4.09. The largest absolute Gasteiger partial charge is 0.398 e. The molecule has 19 heavy (non-hydrogen) atoms. The minimum Gasteiger partial charge on any atom is -0.398 e. The van der Waals surface area contributed by atoms with Crippen molar-refractivity contribution in [3.05, 3.63) is 24.0 Å². The monoisotopic (exact) mass is 309 g/mol. The van der Waals surface area contributed by atoms with Crippen LogP contribution < -0.4 is 5.73 Å². The van der Waals surface area contributed by atoms with Crippen LogP contribution in [0.3, 0.4) is 0 Å². The van der Waals surface area contributed by atoms with Crippen LogP contribution >= 0.6 is 0 Å². The molecule has 0 aliphatic carbocycles. The van der Waals surface area contributed by atoms with Gasteiger partial charge in [-0.3, -0.25) is 0 Å². The Labute approximate surface area is 112 Å². The number of halogens is 1. The van der Waals surface area contributed by atoms with Crippen LogP contribution in [0.15, 0.2) is 23.1 Å². The molecule has 0 aromatic heterocycles. The second-order valence-corrected chi connectivity index (χ2v) is 8.64. The van der Waals surface area contributed by atoms with Gasteiger partial charge in [-0.05, 0) is 24.6 Å². The number of hydrogen-bond acceptors (Lipinski definition) is 5. The molecule has 0 aliphatic rings. The molecule has 0 radical (unpaired) electrons. The molecule has 0 amide bonds. The van der Waals surface area contributed by atoms with E-state index in [0.717, 1.165) is 12.1 Å². The molecule has 0 saturated carbocycles. The van der Waals surface area contributed by atoms with Gasteiger partial charge in [0.1, 0.15) is 15.7 Å². The molecule has 0 heterocycles. The third kappa shape index (κ3) is 4.46. The van der Waals surface area contributed by atoms with E-state index in [-0.39, 0.29) is 34.3 Å². The van der Waals surface area contributed by atoms with Crippen LogP contribution in [0.1, 0.15) is 13.3 Å². The molecule has 0 bridgehead atoms. The molecule has 0 fully saturated rings. The summed E-state index contributed by atoms with van der Waals surface area (Å²) in [6.45, 7) is 1.49. The van der Waals surface area contributed by atoms with Crippen molar-refractivity contribution in [1.29, 1.82) is 0 Å². The predicted octanol–water partition coefficient (Wildman–Crippen LogP) is 1.01. The van der Waals surface area contributed by atoms with Gasteiger partial charge in [0.2, 0.25) is 0 Å². The van der Waals surface area contributed by atoms with Gasteiger partial charge in [0, 0.05) is 5.75 Å². The summed E-state index contributed by atoms with van der Waals surface area (Å²) in [5, 5.41) is 0. The summed E-state index contributed by atoms with van der Waals surface area (Å²) in [5.41, 5.74) is 5.45. The zero-order valence-electron chi connectivity index (χ0n) is 10.5. The number of sulfone groups is 2. The van der Waals surface area contributed by atoms with Crippen LogP contribution in [0.25, 0.3) is 0 Å². The lowest BCUT2D eigenvalue weighted by molar-refractivity contribution is 0.587. The minimum atomic E-state index is -3.77. The number of rotatable bonds is 6. The standard InChI is InChI=1S/C11H16FNO4S2/c1-2-18(14,15)6-3-7-19(16,17)11-8-9(12)4-5-10(11)13/h4-5,8H,2-3,6-7,13H2,1H3. The van der Waals surface area contributed by atoms with E-state index in [4.69, 9.17) is 5.73 Å². The van der Waals surface area contributed by atoms with Crippen molar-refractivity contribution in [2.75, 3.05) is 23.0 Å². The fourth-order valence-corrected chi connectivity index (χ4v) is 4.02. The molecule has 0 aliphatic heterocycles. The van der Waals surface area contributed by atoms with E-state index in [1.54, 1.807) is 0 Å². The van der Waals surface area contributed by atoms with Gasteiger partial charge in [0.25, 0.3) is 0 Å². The van der Waals surface area contributed by atoms with Crippen molar-refractivity contribution in [3.63, 3.8) is 0 Å². The smallest absolute Gasteiger partial charge is 0.180 e. The quantitative estimate of drug-likeness (QED) is 0.791. The SMILES string of the molecule is CCS(=O)(=O)CCCS(=O)(=O)c1cc(F)ccc1N. The number of hydrogen-bond donors (Lipinski definition) is 1. The average molecular weight is 309 g/mol. The van der Waals surface area contributed by atoms with Gasteiger partial charge < -0.3 is 5.73 Å². The van der Waals surface area contributed by atoms with E-state index in [0.29, 0.717) is 0 Å². The van der Waals surface area contributed by atoms with Crippen molar-refractivity contribution < 1.29 is 21.2 Å². The van der Waals surface area contributed by atoms with Gasteiger partial charge >= 0.3 is 0 Å². The fraction of sp³-hybridized carbons (Fsp3) is 0.455. The van der Waals surface area contributed by atoms with Gasteiger partial charge in [0.05, 0.1) is 22.1 Å². The summed E-state index contributed by atoms with van der Waals surface area (Å²) < 4.78 is 59.4. The Morgan fingerprint density at radius 3 is 2.37 bits per heavy atom. The van der Waals surface area contributed by atoms with Gasteiger partial charge in [-0.25, -0.2) is 21.2 Å². The van der Waals surface area contributed by atoms with E-state index < -0.39 is 25.5 Å². The summed E-state index contributed by atoms with van der Waals surface area (Å²) in [4.78, 5) is -0.290. The van der Waals surface area contributed by atoms with Crippen molar-refractivity contribution in [2.45, 2.75) is 18.2 Å². The highest BCUT2D eigenvalue weighted by atomic mass is 32.2. The molecule has 2 N–H and O–H groups in total. The first-order valence-electron chi connectivity index (χ1n) is 5.66.